The van der Waals surface area contributed by atoms with Crippen LogP contribution in [0.4, 0.5) is 5.69 Å². The standard InChI is InChI=1S/C14H17BrN2/c1-10-8-12(15)4-5-13(10)17-7-6-11(9-16)14(17,2)3/h4-5,8,11H,6-7H2,1-3H3. The average Bonchev–Trinajstić information content (AvgIpc) is 2.54. The maximum Gasteiger partial charge on any atom is 0.0706 e. The normalized spacial score (nSPS) is 22.5. The molecule has 1 aliphatic heterocycles. The Morgan fingerprint density at radius 1 is 1.47 bits per heavy atom. The highest BCUT2D eigenvalue weighted by Crippen LogP contribution is 2.39. The van der Waals surface area contributed by atoms with Gasteiger partial charge in [0.25, 0.3) is 0 Å². The van der Waals surface area contributed by atoms with E-state index in [0.29, 0.717) is 0 Å². The van der Waals surface area contributed by atoms with Crippen LogP contribution in [0, 0.1) is 24.2 Å². The topological polar surface area (TPSA) is 27.0 Å². The molecule has 1 aromatic carbocycles. The fourth-order valence-electron chi connectivity index (χ4n) is 2.66. The molecule has 0 aliphatic carbocycles. The van der Waals surface area contributed by atoms with Crippen molar-refractivity contribution >= 4 is 21.6 Å². The smallest absolute Gasteiger partial charge is 0.0706 e. The van der Waals surface area contributed by atoms with Gasteiger partial charge in [-0.2, -0.15) is 5.26 Å². The van der Waals surface area contributed by atoms with E-state index >= 15 is 0 Å². The van der Waals surface area contributed by atoms with Crippen LogP contribution in [0.2, 0.25) is 0 Å². The number of hydrogen-bond acceptors (Lipinski definition) is 2. The lowest BCUT2D eigenvalue weighted by atomic mass is 9.89. The van der Waals surface area contributed by atoms with E-state index < -0.39 is 0 Å². The van der Waals surface area contributed by atoms with Crippen LogP contribution in [-0.2, 0) is 0 Å². The fourth-order valence-corrected chi connectivity index (χ4v) is 3.14. The van der Waals surface area contributed by atoms with E-state index in [1.807, 2.05) is 0 Å². The summed E-state index contributed by atoms with van der Waals surface area (Å²) < 4.78 is 1.10. The van der Waals surface area contributed by atoms with Crippen LogP contribution in [0.3, 0.4) is 0 Å². The molecule has 1 atom stereocenters. The van der Waals surface area contributed by atoms with Crippen molar-refractivity contribution in [3.05, 3.63) is 28.2 Å². The molecule has 1 fully saturated rings. The van der Waals surface area contributed by atoms with Crippen molar-refractivity contribution in [2.75, 3.05) is 11.4 Å². The van der Waals surface area contributed by atoms with Gasteiger partial charge in [0.05, 0.1) is 17.5 Å². The molecule has 1 unspecified atom stereocenters. The second-order valence-corrected chi connectivity index (χ2v) is 6.12. The Bertz CT molecular complexity index is 474. The van der Waals surface area contributed by atoms with Gasteiger partial charge in [-0.1, -0.05) is 15.9 Å². The summed E-state index contributed by atoms with van der Waals surface area (Å²) in [5.74, 6) is 0.116. The van der Waals surface area contributed by atoms with Crippen molar-refractivity contribution in [2.24, 2.45) is 5.92 Å². The Hall–Kier alpha value is -1.01. The molecule has 2 nitrogen and oxygen atoms in total. The molecule has 0 aromatic heterocycles. The van der Waals surface area contributed by atoms with E-state index in [1.54, 1.807) is 0 Å². The summed E-state index contributed by atoms with van der Waals surface area (Å²) in [4.78, 5) is 2.36. The van der Waals surface area contributed by atoms with E-state index in [0.717, 1.165) is 17.4 Å². The Labute approximate surface area is 111 Å². The Morgan fingerprint density at radius 2 is 2.18 bits per heavy atom. The van der Waals surface area contributed by atoms with E-state index in [-0.39, 0.29) is 11.5 Å². The van der Waals surface area contributed by atoms with Crippen molar-refractivity contribution in [3.63, 3.8) is 0 Å². The summed E-state index contributed by atoms with van der Waals surface area (Å²) >= 11 is 3.49. The molecule has 2 rings (SSSR count). The predicted molar refractivity (Wildman–Crippen MR) is 74.0 cm³/mol. The van der Waals surface area contributed by atoms with Gasteiger partial charge in [-0.3, -0.25) is 0 Å². The summed E-state index contributed by atoms with van der Waals surface area (Å²) in [5, 5.41) is 9.20. The van der Waals surface area contributed by atoms with Crippen LogP contribution in [0.25, 0.3) is 0 Å². The van der Waals surface area contributed by atoms with Gasteiger partial charge in [-0.05, 0) is 51.0 Å². The van der Waals surface area contributed by atoms with E-state index in [4.69, 9.17) is 0 Å². The molecule has 0 N–H and O–H groups in total. The highest BCUT2D eigenvalue weighted by molar-refractivity contribution is 9.10. The third kappa shape index (κ3) is 2.07. The zero-order valence-electron chi connectivity index (χ0n) is 10.5. The second-order valence-electron chi connectivity index (χ2n) is 5.21. The summed E-state index contributed by atoms with van der Waals surface area (Å²) in [6.07, 6.45) is 0.957. The highest BCUT2D eigenvalue weighted by atomic mass is 79.9. The monoisotopic (exact) mass is 292 g/mol. The van der Waals surface area contributed by atoms with Gasteiger partial charge in [0.15, 0.2) is 0 Å². The molecular weight excluding hydrogens is 276 g/mol. The van der Waals surface area contributed by atoms with E-state index in [1.165, 1.54) is 11.3 Å². The maximum atomic E-state index is 9.20. The zero-order valence-corrected chi connectivity index (χ0v) is 12.1. The minimum absolute atomic E-state index is 0.0761. The lowest BCUT2D eigenvalue weighted by Gasteiger charge is -2.36. The lowest BCUT2D eigenvalue weighted by molar-refractivity contribution is 0.438. The molecule has 0 amide bonds. The third-order valence-electron chi connectivity index (χ3n) is 3.80. The Kier molecular flexibility index (Phi) is 3.18. The Morgan fingerprint density at radius 3 is 2.71 bits per heavy atom. The summed E-state index contributed by atoms with van der Waals surface area (Å²) in [5.41, 5.74) is 2.43. The van der Waals surface area contributed by atoms with Gasteiger partial charge in [-0.25, -0.2) is 0 Å². The van der Waals surface area contributed by atoms with Gasteiger partial charge in [-0.15, -0.1) is 0 Å². The first-order valence-electron chi connectivity index (χ1n) is 5.90. The molecule has 1 heterocycles. The highest BCUT2D eigenvalue weighted by Gasteiger charge is 2.41. The van der Waals surface area contributed by atoms with Gasteiger partial charge >= 0.3 is 0 Å². The number of aryl methyl sites for hydroxylation is 1. The van der Waals surface area contributed by atoms with Crippen LogP contribution in [0.5, 0.6) is 0 Å². The molecule has 0 spiro atoms. The SMILES string of the molecule is Cc1cc(Br)ccc1N1CCC(C#N)C1(C)C. The number of anilines is 1. The first kappa shape index (κ1) is 12.4. The summed E-state index contributed by atoms with van der Waals surface area (Å²) in [6.45, 7) is 7.41. The van der Waals surface area contributed by atoms with E-state index in [2.05, 4.69) is 65.9 Å². The first-order chi connectivity index (χ1) is 7.96. The lowest BCUT2D eigenvalue weighted by Crippen LogP contribution is -2.42. The number of benzene rings is 1. The van der Waals surface area contributed by atoms with Gasteiger partial charge in [0, 0.05) is 16.7 Å². The molecule has 1 saturated heterocycles. The molecule has 0 radical (unpaired) electrons. The number of rotatable bonds is 1. The second kappa shape index (κ2) is 4.34. The van der Waals surface area contributed by atoms with Gasteiger partial charge in [0.1, 0.15) is 0 Å². The zero-order chi connectivity index (χ0) is 12.6. The summed E-state index contributed by atoms with van der Waals surface area (Å²) in [6, 6.07) is 8.77. The van der Waals surface area contributed by atoms with Crippen LogP contribution >= 0.6 is 15.9 Å². The molecule has 1 aliphatic rings. The first-order valence-corrected chi connectivity index (χ1v) is 6.69. The van der Waals surface area contributed by atoms with Crippen molar-refractivity contribution in [1.29, 1.82) is 5.26 Å². The number of nitriles is 1. The molecular formula is C14H17BrN2. The van der Waals surface area contributed by atoms with Crippen molar-refractivity contribution in [1.82, 2.24) is 0 Å². The summed E-state index contributed by atoms with van der Waals surface area (Å²) in [7, 11) is 0. The van der Waals surface area contributed by atoms with Crippen LogP contribution < -0.4 is 4.90 Å². The quantitative estimate of drug-likeness (QED) is 0.785. The fraction of sp³-hybridized carbons (Fsp3) is 0.500. The molecule has 3 heteroatoms. The third-order valence-corrected chi connectivity index (χ3v) is 4.29. The van der Waals surface area contributed by atoms with Crippen LogP contribution in [0.1, 0.15) is 25.8 Å². The minimum Gasteiger partial charge on any atom is -0.365 e. The predicted octanol–water partition coefficient (Wildman–Crippen LogP) is 3.89. The molecule has 17 heavy (non-hydrogen) atoms. The van der Waals surface area contributed by atoms with Gasteiger partial charge < -0.3 is 4.90 Å². The maximum absolute atomic E-state index is 9.20. The molecule has 1 aromatic rings. The number of hydrogen-bond donors (Lipinski definition) is 0. The largest absolute Gasteiger partial charge is 0.365 e. The molecule has 0 saturated carbocycles. The average molecular weight is 293 g/mol. The number of halogens is 1. The Balaban J connectivity index is 2.39. The van der Waals surface area contributed by atoms with E-state index in [9.17, 15) is 5.26 Å². The van der Waals surface area contributed by atoms with Crippen molar-refractivity contribution in [2.45, 2.75) is 32.7 Å². The van der Waals surface area contributed by atoms with Crippen molar-refractivity contribution < 1.29 is 0 Å². The molecule has 90 valence electrons. The molecule has 0 bridgehead atoms. The number of nitrogens with zero attached hydrogens (tertiary/aromatic N) is 2. The van der Waals surface area contributed by atoms with Gasteiger partial charge in [0.2, 0.25) is 0 Å². The van der Waals surface area contributed by atoms with Crippen molar-refractivity contribution in [3.8, 4) is 6.07 Å². The van der Waals surface area contributed by atoms with Crippen LogP contribution in [0.15, 0.2) is 22.7 Å². The van der Waals surface area contributed by atoms with Crippen LogP contribution in [-0.4, -0.2) is 12.1 Å². The minimum atomic E-state index is -0.0761.